The van der Waals surface area contributed by atoms with Crippen molar-refractivity contribution in [3.63, 3.8) is 0 Å². The quantitative estimate of drug-likeness (QED) is 0.431. The molecule has 1 fully saturated rings. The van der Waals surface area contributed by atoms with Crippen LogP contribution in [0, 0.1) is 5.92 Å². The largest absolute Gasteiger partial charge is 0.356 e. The van der Waals surface area contributed by atoms with Gasteiger partial charge in [-0.15, -0.1) is 0 Å². The van der Waals surface area contributed by atoms with E-state index < -0.39 is 0 Å². The average molecular weight is 254 g/mol. The van der Waals surface area contributed by atoms with E-state index in [1.165, 1.54) is 32.1 Å². The third kappa shape index (κ3) is 7.24. The van der Waals surface area contributed by atoms with E-state index in [1.807, 2.05) is 0 Å². The van der Waals surface area contributed by atoms with Gasteiger partial charge in [0.15, 0.2) is 0 Å². The number of amides is 1. The number of hydrogen-bond acceptors (Lipinski definition) is 3. The van der Waals surface area contributed by atoms with Gasteiger partial charge in [0, 0.05) is 19.5 Å². The maximum Gasteiger partial charge on any atom is 0.220 e. The van der Waals surface area contributed by atoms with Crippen molar-refractivity contribution in [2.24, 2.45) is 10.9 Å². The van der Waals surface area contributed by atoms with Crippen LogP contribution in [0.5, 0.6) is 0 Å². The fourth-order valence-electron chi connectivity index (χ4n) is 2.31. The second-order valence-corrected chi connectivity index (χ2v) is 4.92. The van der Waals surface area contributed by atoms with Gasteiger partial charge >= 0.3 is 0 Å². The summed E-state index contributed by atoms with van der Waals surface area (Å²) in [6.07, 6.45) is 9.07. The summed E-state index contributed by atoms with van der Waals surface area (Å²) in [7, 11) is 0. The predicted molar refractivity (Wildman–Crippen MR) is 73.3 cm³/mol. The Kier molecular flexibility index (Phi) is 7.85. The number of rotatable bonds is 7. The zero-order valence-corrected chi connectivity index (χ0v) is 11.2. The molecule has 0 aromatic rings. The summed E-state index contributed by atoms with van der Waals surface area (Å²) in [5, 5.41) is 5.32. The van der Waals surface area contributed by atoms with Crippen molar-refractivity contribution in [3.05, 3.63) is 0 Å². The molecule has 0 bridgehead atoms. The zero-order valence-electron chi connectivity index (χ0n) is 10.4. The second kappa shape index (κ2) is 9.32. The lowest BCUT2D eigenvalue weighted by molar-refractivity contribution is -0.122. The number of nitrogens with zero attached hydrogens (tertiary/aromatic N) is 1. The van der Waals surface area contributed by atoms with E-state index >= 15 is 0 Å². The van der Waals surface area contributed by atoms with Gasteiger partial charge < -0.3 is 5.32 Å². The van der Waals surface area contributed by atoms with Gasteiger partial charge in [-0.25, -0.2) is 4.99 Å². The molecule has 0 unspecified atom stereocenters. The first-order chi connectivity index (χ1) is 8.33. The Labute approximate surface area is 109 Å². The standard InChI is InChI=1S/C13H22N2OS/c16-13(10-12-6-2-1-3-7-12)15-9-5-4-8-14-11-17/h12H,1-10H2,(H,15,16). The molecular formula is C13H22N2OS. The van der Waals surface area contributed by atoms with Gasteiger partial charge in [0.1, 0.15) is 0 Å². The van der Waals surface area contributed by atoms with E-state index in [-0.39, 0.29) is 5.91 Å². The summed E-state index contributed by atoms with van der Waals surface area (Å²) in [5.41, 5.74) is 0. The number of thiocarbonyl (C=S) groups is 1. The van der Waals surface area contributed by atoms with Gasteiger partial charge in [0.2, 0.25) is 5.91 Å². The maximum atomic E-state index is 11.6. The molecule has 96 valence electrons. The number of nitrogens with one attached hydrogen (secondary N) is 1. The smallest absolute Gasteiger partial charge is 0.220 e. The molecule has 0 aliphatic heterocycles. The van der Waals surface area contributed by atoms with Gasteiger partial charge in [-0.1, -0.05) is 19.3 Å². The number of carbonyl (C=O) groups excluding carboxylic acids is 1. The van der Waals surface area contributed by atoms with E-state index in [9.17, 15) is 4.79 Å². The summed E-state index contributed by atoms with van der Waals surface area (Å²) in [6.45, 7) is 1.49. The first kappa shape index (κ1) is 14.3. The highest BCUT2D eigenvalue weighted by atomic mass is 32.1. The molecule has 0 atom stereocenters. The van der Waals surface area contributed by atoms with Gasteiger partial charge in [0.25, 0.3) is 0 Å². The number of aliphatic imine (C=N–C) groups is 1. The Balaban J connectivity index is 1.98. The Morgan fingerprint density at radius 3 is 2.76 bits per heavy atom. The van der Waals surface area contributed by atoms with Crippen LogP contribution in [0.2, 0.25) is 0 Å². The number of isothiocyanates is 1. The molecule has 4 heteroatoms. The Bertz CT molecular complexity index is 269. The highest BCUT2D eigenvalue weighted by Gasteiger charge is 2.16. The van der Waals surface area contributed by atoms with Crippen LogP contribution in [0.4, 0.5) is 0 Å². The minimum absolute atomic E-state index is 0.218. The first-order valence-corrected chi connectivity index (χ1v) is 7.04. The van der Waals surface area contributed by atoms with Crippen LogP contribution in [-0.2, 0) is 4.79 Å². The topological polar surface area (TPSA) is 41.5 Å². The average Bonchev–Trinajstić information content (AvgIpc) is 2.35. The molecule has 0 spiro atoms. The highest BCUT2D eigenvalue weighted by Crippen LogP contribution is 2.25. The molecule has 0 aromatic carbocycles. The monoisotopic (exact) mass is 254 g/mol. The number of carbonyl (C=O) groups is 1. The van der Waals surface area contributed by atoms with Gasteiger partial charge in [-0.2, -0.15) is 0 Å². The van der Waals surface area contributed by atoms with Crippen molar-refractivity contribution in [1.29, 1.82) is 0 Å². The molecule has 3 nitrogen and oxygen atoms in total. The first-order valence-electron chi connectivity index (χ1n) is 6.63. The predicted octanol–water partition coefficient (Wildman–Crippen LogP) is 2.96. The lowest BCUT2D eigenvalue weighted by Crippen LogP contribution is -2.27. The lowest BCUT2D eigenvalue weighted by Gasteiger charge is -2.20. The van der Waals surface area contributed by atoms with E-state index in [4.69, 9.17) is 0 Å². The fourth-order valence-corrected chi connectivity index (χ4v) is 2.41. The van der Waals surface area contributed by atoms with Crippen molar-refractivity contribution in [2.45, 2.75) is 51.4 Å². The molecule has 1 aliphatic rings. The zero-order chi connectivity index (χ0) is 12.3. The van der Waals surface area contributed by atoms with E-state index in [0.29, 0.717) is 5.92 Å². The van der Waals surface area contributed by atoms with Crippen LogP contribution in [0.3, 0.4) is 0 Å². The molecule has 0 heterocycles. The normalized spacial score (nSPS) is 16.2. The highest BCUT2D eigenvalue weighted by molar-refractivity contribution is 7.78. The number of unbranched alkanes of at least 4 members (excludes halogenated alkanes) is 1. The molecule has 1 saturated carbocycles. The molecule has 1 rings (SSSR count). The summed E-state index contributed by atoms with van der Waals surface area (Å²) in [6, 6.07) is 0. The van der Waals surface area contributed by atoms with Crippen LogP contribution in [0.25, 0.3) is 0 Å². The fraction of sp³-hybridized carbons (Fsp3) is 0.846. The molecule has 1 N–H and O–H groups in total. The summed E-state index contributed by atoms with van der Waals surface area (Å²) in [5.74, 6) is 0.846. The second-order valence-electron chi connectivity index (χ2n) is 4.74. The molecule has 0 saturated heterocycles. The van der Waals surface area contributed by atoms with Crippen molar-refractivity contribution in [3.8, 4) is 0 Å². The maximum absolute atomic E-state index is 11.6. The lowest BCUT2D eigenvalue weighted by atomic mass is 9.87. The van der Waals surface area contributed by atoms with E-state index in [1.54, 1.807) is 0 Å². The van der Waals surface area contributed by atoms with E-state index in [2.05, 4.69) is 27.7 Å². The van der Waals surface area contributed by atoms with Crippen molar-refractivity contribution in [1.82, 2.24) is 5.32 Å². The van der Waals surface area contributed by atoms with Crippen molar-refractivity contribution >= 4 is 23.3 Å². The minimum atomic E-state index is 0.218. The van der Waals surface area contributed by atoms with Crippen molar-refractivity contribution in [2.75, 3.05) is 13.1 Å². The van der Waals surface area contributed by atoms with Gasteiger partial charge in [-0.3, -0.25) is 4.79 Å². The third-order valence-electron chi connectivity index (χ3n) is 3.28. The SMILES string of the molecule is O=C(CC1CCCCC1)NCCCCN=C=S. The van der Waals surface area contributed by atoms with Gasteiger partial charge in [-0.05, 0) is 43.8 Å². The summed E-state index contributed by atoms with van der Waals surface area (Å²) < 4.78 is 0. The summed E-state index contributed by atoms with van der Waals surface area (Å²) in [4.78, 5) is 15.5. The molecule has 0 aromatic heterocycles. The van der Waals surface area contributed by atoms with Crippen molar-refractivity contribution < 1.29 is 4.79 Å². The molecule has 1 aliphatic carbocycles. The Morgan fingerprint density at radius 1 is 1.29 bits per heavy atom. The third-order valence-corrected chi connectivity index (χ3v) is 3.41. The molecule has 1 amide bonds. The minimum Gasteiger partial charge on any atom is -0.356 e. The Morgan fingerprint density at radius 2 is 2.06 bits per heavy atom. The molecule has 17 heavy (non-hydrogen) atoms. The van der Waals surface area contributed by atoms with Crippen LogP contribution >= 0.6 is 12.2 Å². The van der Waals surface area contributed by atoms with Crippen LogP contribution in [0.1, 0.15) is 51.4 Å². The van der Waals surface area contributed by atoms with Crippen LogP contribution in [0.15, 0.2) is 4.99 Å². The molecular weight excluding hydrogens is 232 g/mol. The molecule has 0 radical (unpaired) electrons. The Hall–Kier alpha value is -0.730. The van der Waals surface area contributed by atoms with Crippen LogP contribution < -0.4 is 5.32 Å². The van der Waals surface area contributed by atoms with E-state index in [0.717, 1.165) is 32.4 Å². The number of hydrogen-bond donors (Lipinski definition) is 1. The van der Waals surface area contributed by atoms with Crippen LogP contribution in [-0.4, -0.2) is 24.2 Å². The van der Waals surface area contributed by atoms with Gasteiger partial charge in [0.05, 0.1) is 5.16 Å². The summed E-state index contributed by atoms with van der Waals surface area (Å²) >= 11 is 4.48.